The van der Waals surface area contributed by atoms with Gasteiger partial charge in [0.15, 0.2) is 0 Å². The van der Waals surface area contributed by atoms with Crippen molar-refractivity contribution in [3.05, 3.63) is 0 Å². The van der Waals surface area contributed by atoms with Gasteiger partial charge in [0.2, 0.25) is 0 Å². The van der Waals surface area contributed by atoms with E-state index in [1.807, 2.05) is 0 Å². The molecule has 1 saturated heterocycles. The molecule has 0 aromatic heterocycles. The molecule has 1 heterocycles. The summed E-state index contributed by atoms with van der Waals surface area (Å²) in [6.07, 6.45) is 2.19. The standard InChI is InChI=1S/C12H23F3N2S/c1-10(2)16-9-11-3-5-17(6-4-11)7-8-18-12(13,14)15/h10-11,16H,3-9H2,1-2H3. The van der Waals surface area contributed by atoms with Gasteiger partial charge in [-0.05, 0) is 50.2 Å². The number of alkyl halides is 3. The predicted octanol–water partition coefficient (Wildman–Crippen LogP) is 2.95. The second-order valence-electron chi connectivity index (χ2n) is 5.14. The maximum Gasteiger partial charge on any atom is 0.441 e. The Morgan fingerprint density at radius 2 is 1.89 bits per heavy atom. The van der Waals surface area contributed by atoms with Crippen molar-refractivity contribution in [3.8, 4) is 0 Å². The Morgan fingerprint density at radius 1 is 1.28 bits per heavy atom. The molecular weight excluding hydrogens is 261 g/mol. The van der Waals surface area contributed by atoms with Gasteiger partial charge in [0, 0.05) is 18.3 Å². The quantitative estimate of drug-likeness (QED) is 0.807. The van der Waals surface area contributed by atoms with Gasteiger partial charge in [-0.1, -0.05) is 13.8 Å². The van der Waals surface area contributed by atoms with E-state index in [0.717, 1.165) is 32.5 Å². The van der Waals surface area contributed by atoms with Crippen molar-refractivity contribution < 1.29 is 13.2 Å². The number of hydrogen-bond donors (Lipinski definition) is 1. The van der Waals surface area contributed by atoms with Crippen molar-refractivity contribution in [2.45, 2.75) is 38.2 Å². The first-order chi connectivity index (χ1) is 8.37. The summed E-state index contributed by atoms with van der Waals surface area (Å²) in [6, 6.07) is 0.506. The highest BCUT2D eigenvalue weighted by Crippen LogP contribution is 2.30. The van der Waals surface area contributed by atoms with Crippen LogP contribution in [-0.2, 0) is 0 Å². The Labute approximate surface area is 112 Å². The smallest absolute Gasteiger partial charge is 0.314 e. The highest BCUT2D eigenvalue weighted by Gasteiger charge is 2.28. The van der Waals surface area contributed by atoms with Crippen LogP contribution in [0.5, 0.6) is 0 Å². The Balaban J connectivity index is 2.08. The van der Waals surface area contributed by atoms with Gasteiger partial charge in [0.25, 0.3) is 0 Å². The zero-order valence-electron chi connectivity index (χ0n) is 11.1. The lowest BCUT2D eigenvalue weighted by atomic mass is 9.96. The third-order valence-corrected chi connectivity index (χ3v) is 3.91. The molecular formula is C12H23F3N2S. The van der Waals surface area contributed by atoms with Crippen molar-refractivity contribution in [1.29, 1.82) is 0 Å². The first kappa shape index (κ1) is 16.1. The lowest BCUT2D eigenvalue weighted by Gasteiger charge is -2.32. The maximum absolute atomic E-state index is 12.0. The third-order valence-electron chi connectivity index (χ3n) is 3.20. The van der Waals surface area contributed by atoms with Crippen LogP contribution in [0, 0.1) is 5.92 Å². The largest absolute Gasteiger partial charge is 0.441 e. The van der Waals surface area contributed by atoms with Crippen molar-refractivity contribution in [3.63, 3.8) is 0 Å². The molecule has 0 atom stereocenters. The SMILES string of the molecule is CC(C)NCC1CCN(CCSC(F)(F)F)CC1. The summed E-state index contributed by atoms with van der Waals surface area (Å²) >= 11 is 0.0882. The molecule has 0 aromatic rings. The number of piperidine rings is 1. The van der Waals surface area contributed by atoms with E-state index in [2.05, 4.69) is 24.1 Å². The van der Waals surface area contributed by atoms with Crippen LogP contribution in [0.2, 0.25) is 0 Å². The fourth-order valence-electron chi connectivity index (χ4n) is 2.11. The average molecular weight is 284 g/mol. The molecule has 6 heteroatoms. The van der Waals surface area contributed by atoms with Crippen LogP contribution in [0.25, 0.3) is 0 Å². The van der Waals surface area contributed by atoms with Crippen LogP contribution in [0.1, 0.15) is 26.7 Å². The number of rotatable bonds is 6. The molecule has 0 bridgehead atoms. The number of thioether (sulfide) groups is 1. The van der Waals surface area contributed by atoms with Gasteiger partial charge in [-0.2, -0.15) is 13.2 Å². The van der Waals surface area contributed by atoms with Crippen molar-refractivity contribution in [2.24, 2.45) is 5.92 Å². The molecule has 18 heavy (non-hydrogen) atoms. The lowest BCUT2D eigenvalue weighted by Crippen LogP contribution is -2.39. The number of halogens is 3. The molecule has 1 rings (SSSR count). The molecule has 108 valence electrons. The van der Waals surface area contributed by atoms with E-state index in [4.69, 9.17) is 0 Å². The zero-order valence-corrected chi connectivity index (χ0v) is 11.9. The van der Waals surface area contributed by atoms with Crippen LogP contribution in [0.15, 0.2) is 0 Å². The van der Waals surface area contributed by atoms with Crippen molar-refractivity contribution >= 4 is 11.8 Å². The molecule has 0 amide bonds. The fourth-order valence-corrected chi connectivity index (χ4v) is 2.69. The topological polar surface area (TPSA) is 15.3 Å². The summed E-state index contributed by atoms with van der Waals surface area (Å²) in [7, 11) is 0. The zero-order chi connectivity index (χ0) is 13.6. The monoisotopic (exact) mass is 284 g/mol. The summed E-state index contributed by atoms with van der Waals surface area (Å²) in [5, 5.41) is 3.42. The first-order valence-corrected chi connectivity index (χ1v) is 7.52. The Kier molecular flexibility index (Phi) is 6.81. The summed E-state index contributed by atoms with van der Waals surface area (Å²) < 4.78 is 36.0. The normalized spacial score (nSPS) is 19.7. The van der Waals surface area contributed by atoms with Gasteiger partial charge >= 0.3 is 5.51 Å². The minimum atomic E-state index is -4.08. The van der Waals surface area contributed by atoms with Crippen LogP contribution in [0.3, 0.4) is 0 Å². The number of nitrogens with zero attached hydrogens (tertiary/aromatic N) is 1. The van der Waals surface area contributed by atoms with Gasteiger partial charge < -0.3 is 10.2 Å². The molecule has 1 N–H and O–H groups in total. The molecule has 0 aliphatic carbocycles. The lowest BCUT2D eigenvalue weighted by molar-refractivity contribution is -0.0329. The van der Waals surface area contributed by atoms with Crippen molar-refractivity contribution in [2.75, 3.05) is 31.9 Å². The summed E-state index contributed by atoms with van der Waals surface area (Å²) in [6.45, 7) is 7.70. The van der Waals surface area contributed by atoms with E-state index in [1.54, 1.807) is 0 Å². The molecule has 0 aromatic carbocycles. The average Bonchev–Trinajstić information content (AvgIpc) is 2.26. The highest BCUT2D eigenvalue weighted by atomic mass is 32.2. The van der Waals surface area contributed by atoms with Gasteiger partial charge in [0.1, 0.15) is 0 Å². The molecule has 0 radical (unpaired) electrons. The molecule has 1 aliphatic heterocycles. The third kappa shape index (κ3) is 7.48. The van der Waals surface area contributed by atoms with E-state index in [9.17, 15) is 13.2 Å². The molecule has 0 spiro atoms. The second kappa shape index (κ2) is 7.60. The number of likely N-dealkylation sites (tertiary alicyclic amines) is 1. The molecule has 2 nitrogen and oxygen atoms in total. The molecule has 1 aliphatic rings. The van der Waals surface area contributed by atoms with Gasteiger partial charge in [-0.3, -0.25) is 0 Å². The van der Waals surface area contributed by atoms with Gasteiger partial charge in [-0.15, -0.1) is 0 Å². The fraction of sp³-hybridized carbons (Fsp3) is 1.00. The van der Waals surface area contributed by atoms with Crippen LogP contribution in [-0.4, -0.2) is 48.4 Å². The van der Waals surface area contributed by atoms with E-state index in [0.29, 0.717) is 18.5 Å². The van der Waals surface area contributed by atoms with E-state index < -0.39 is 5.51 Å². The molecule has 0 saturated carbocycles. The minimum absolute atomic E-state index is 0.0882. The molecule has 0 unspecified atom stereocenters. The van der Waals surface area contributed by atoms with Crippen molar-refractivity contribution in [1.82, 2.24) is 10.2 Å². The Bertz CT molecular complexity index is 226. The van der Waals surface area contributed by atoms with Crippen LogP contribution in [0.4, 0.5) is 13.2 Å². The minimum Gasteiger partial charge on any atom is -0.314 e. The van der Waals surface area contributed by atoms with E-state index in [1.165, 1.54) is 0 Å². The first-order valence-electron chi connectivity index (χ1n) is 6.53. The number of nitrogens with one attached hydrogen (secondary N) is 1. The Morgan fingerprint density at radius 3 is 2.39 bits per heavy atom. The summed E-state index contributed by atoms with van der Waals surface area (Å²) in [5.74, 6) is 0.831. The van der Waals surface area contributed by atoms with Gasteiger partial charge in [0.05, 0.1) is 0 Å². The second-order valence-corrected chi connectivity index (χ2v) is 6.30. The highest BCUT2D eigenvalue weighted by molar-refractivity contribution is 8.00. The predicted molar refractivity (Wildman–Crippen MR) is 70.8 cm³/mol. The number of hydrogen-bond acceptors (Lipinski definition) is 3. The Hall–Kier alpha value is 0.0600. The van der Waals surface area contributed by atoms with Crippen LogP contribution >= 0.6 is 11.8 Å². The van der Waals surface area contributed by atoms with E-state index in [-0.39, 0.29) is 17.5 Å². The van der Waals surface area contributed by atoms with Gasteiger partial charge in [-0.25, -0.2) is 0 Å². The maximum atomic E-state index is 12.0. The van der Waals surface area contributed by atoms with E-state index >= 15 is 0 Å². The van der Waals surface area contributed by atoms with Crippen LogP contribution < -0.4 is 5.32 Å². The summed E-state index contributed by atoms with van der Waals surface area (Å²) in [4.78, 5) is 2.14. The molecule has 1 fully saturated rings. The summed E-state index contributed by atoms with van der Waals surface area (Å²) in [5.41, 5.74) is -4.08.